The van der Waals surface area contributed by atoms with Gasteiger partial charge in [-0.2, -0.15) is 0 Å². The summed E-state index contributed by atoms with van der Waals surface area (Å²) in [6.07, 6.45) is 5.20. The molecule has 0 N–H and O–H groups in total. The van der Waals surface area contributed by atoms with E-state index < -0.39 is 0 Å². The van der Waals surface area contributed by atoms with Gasteiger partial charge in [-0.1, -0.05) is 42.5 Å². The first-order chi connectivity index (χ1) is 13.8. The van der Waals surface area contributed by atoms with Crippen LogP contribution in [-0.4, -0.2) is 37.1 Å². The van der Waals surface area contributed by atoms with Crippen molar-refractivity contribution in [2.45, 2.75) is 50.0 Å². The quantitative estimate of drug-likeness (QED) is 0.717. The highest BCUT2D eigenvalue weighted by molar-refractivity contribution is 5.39. The second-order valence-electron chi connectivity index (χ2n) is 8.23. The van der Waals surface area contributed by atoms with E-state index in [4.69, 9.17) is 14.2 Å². The molecule has 2 aliphatic heterocycles. The first kappa shape index (κ1) is 18.2. The molecule has 0 unspecified atom stereocenters. The zero-order chi connectivity index (χ0) is 18.9. The average molecular weight is 380 g/mol. The van der Waals surface area contributed by atoms with Crippen LogP contribution in [0.5, 0.6) is 5.75 Å². The second kappa shape index (κ2) is 7.51. The van der Waals surface area contributed by atoms with Crippen LogP contribution in [0.25, 0.3) is 0 Å². The molecule has 4 nitrogen and oxygen atoms in total. The first-order valence-electron chi connectivity index (χ1n) is 10.6. The summed E-state index contributed by atoms with van der Waals surface area (Å²) in [6, 6.07) is 19.1. The summed E-state index contributed by atoms with van der Waals surface area (Å²) in [4.78, 5) is 2.69. The highest BCUT2D eigenvalue weighted by atomic mass is 16.7. The minimum absolute atomic E-state index is 0.129. The molecule has 148 valence electrons. The van der Waals surface area contributed by atoms with Crippen molar-refractivity contribution in [1.29, 1.82) is 0 Å². The Bertz CT molecular complexity index is 791. The van der Waals surface area contributed by atoms with Gasteiger partial charge in [0, 0.05) is 31.5 Å². The molecule has 1 saturated carbocycles. The summed E-state index contributed by atoms with van der Waals surface area (Å²) in [5.41, 5.74) is 3.13. The summed E-state index contributed by atoms with van der Waals surface area (Å²) < 4.78 is 17.9. The average Bonchev–Trinajstić information content (AvgIpc) is 3.32. The molecule has 2 fully saturated rings. The summed E-state index contributed by atoms with van der Waals surface area (Å²) in [7, 11) is 0. The van der Waals surface area contributed by atoms with Crippen molar-refractivity contribution >= 4 is 0 Å². The van der Waals surface area contributed by atoms with Crippen molar-refractivity contribution in [2.75, 3.05) is 26.4 Å². The van der Waals surface area contributed by atoms with E-state index in [9.17, 15) is 0 Å². The van der Waals surface area contributed by atoms with Crippen LogP contribution in [0.1, 0.15) is 43.2 Å². The Balaban J connectivity index is 1.27. The monoisotopic (exact) mass is 379 g/mol. The van der Waals surface area contributed by atoms with Gasteiger partial charge in [-0.3, -0.25) is 4.90 Å². The number of rotatable bonds is 5. The van der Waals surface area contributed by atoms with Gasteiger partial charge in [-0.15, -0.1) is 0 Å². The van der Waals surface area contributed by atoms with Crippen LogP contribution in [0.3, 0.4) is 0 Å². The summed E-state index contributed by atoms with van der Waals surface area (Å²) in [5, 5.41) is 0. The summed E-state index contributed by atoms with van der Waals surface area (Å²) >= 11 is 0. The Morgan fingerprint density at radius 1 is 0.857 bits per heavy atom. The number of ether oxygens (including phenoxy) is 3. The fourth-order valence-electron chi connectivity index (χ4n) is 5.31. The van der Waals surface area contributed by atoms with E-state index in [1.165, 1.54) is 11.1 Å². The predicted octanol–water partition coefficient (Wildman–Crippen LogP) is 4.48. The van der Waals surface area contributed by atoms with Crippen LogP contribution in [0, 0.1) is 0 Å². The standard InChI is InChI=1S/C24H29NO3/c1-2-8-21(9-3-1)26-16-6-15-25-19-20-7-4-5-10-22(20)23(25)11-13-24(14-12-23)27-17-18-28-24/h1-5,7-10H,6,11-19H2. The lowest BCUT2D eigenvalue weighted by Gasteiger charge is -2.47. The van der Waals surface area contributed by atoms with E-state index >= 15 is 0 Å². The zero-order valence-corrected chi connectivity index (χ0v) is 16.4. The molecule has 2 aromatic rings. The molecule has 28 heavy (non-hydrogen) atoms. The number of fused-ring (bicyclic) bond motifs is 2. The molecule has 2 heterocycles. The molecule has 0 radical (unpaired) electrons. The molecule has 1 aliphatic carbocycles. The Kier molecular flexibility index (Phi) is 4.87. The molecule has 0 amide bonds. The molecular weight excluding hydrogens is 350 g/mol. The molecule has 4 heteroatoms. The lowest BCUT2D eigenvalue weighted by atomic mass is 9.74. The normalized spacial score (nSPS) is 22.6. The van der Waals surface area contributed by atoms with Crippen molar-refractivity contribution in [1.82, 2.24) is 4.90 Å². The largest absolute Gasteiger partial charge is 0.494 e. The zero-order valence-electron chi connectivity index (χ0n) is 16.4. The Morgan fingerprint density at radius 3 is 2.36 bits per heavy atom. The molecular formula is C24H29NO3. The van der Waals surface area contributed by atoms with Crippen LogP contribution in [0.15, 0.2) is 54.6 Å². The molecule has 1 saturated heterocycles. The van der Waals surface area contributed by atoms with Crippen LogP contribution < -0.4 is 4.74 Å². The van der Waals surface area contributed by atoms with Gasteiger partial charge < -0.3 is 14.2 Å². The van der Waals surface area contributed by atoms with Crippen LogP contribution >= 0.6 is 0 Å². The topological polar surface area (TPSA) is 30.9 Å². The van der Waals surface area contributed by atoms with Gasteiger partial charge >= 0.3 is 0 Å². The minimum Gasteiger partial charge on any atom is -0.494 e. The van der Waals surface area contributed by atoms with E-state index in [0.717, 1.165) is 70.8 Å². The Morgan fingerprint density at radius 2 is 1.57 bits per heavy atom. The fourth-order valence-corrected chi connectivity index (χ4v) is 5.31. The van der Waals surface area contributed by atoms with Gasteiger partial charge in [0.15, 0.2) is 5.79 Å². The molecule has 3 aliphatic rings. The lowest BCUT2D eigenvalue weighted by molar-refractivity contribution is -0.195. The highest BCUT2D eigenvalue weighted by Crippen LogP contribution is 2.52. The van der Waals surface area contributed by atoms with E-state index in [1.807, 2.05) is 30.3 Å². The van der Waals surface area contributed by atoms with Gasteiger partial charge in [0.2, 0.25) is 0 Å². The third-order valence-corrected chi connectivity index (χ3v) is 6.72. The van der Waals surface area contributed by atoms with E-state index in [-0.39, 0.29) is 11.3 Å². The van der Waals surface area contributed by atoms with E-state index in [1.54, 1.807) is 0 Å². The number of nitrogens with zero attached hydrogens (tertiary/aromatic N) is 1. The summed E-state index contributed by atoms with van der Waals surface area (Å²) in [6.45, 7) is 4.32. The lowest BCUT2D eigenvalue weighted by Crippen LogP contribution is -2.49. The number of benzene rings is 2. The maximum atomic E-state index is 5.99. The Labute approximate surface area is 167 Å². The van der Waals surface area contributed by atoms with Gasteiger partial charge in [0.25, 0.3) is 0 Å². The molecule has 0 bridgehead atoms. The van der Waals surface area contributed by atoms with Crippen LogP contribution in [0.2, 0.25) is 0 Å². The summed E-state index contributed by atoms with van der Waals surface area (Å²) in [5.74, 6) is 0.641. The molecule has 0 atom stereocenters. The van der Waals surface area contributed by atoms with Crippen LogP contribution in [-0.2, 0) is 21.6 Å². The number of hydrogen-bond donors (Lipinski definition) is 0. The van der Waals surface area contributed by atoms with Crippen molar-refractivity contribution in [2.24, 2.45) is 0 Å². The minimum atomic E-state index is -0.315. The smallest absolute Gasteiger partial charge is 0.168 e. The third-order valence-electron chi connectivity index (χ3n) is 6.72. The maximum absolute atomic E-state index is 5.99. The van der Waals surface area contributed by atoms with Gasteiger partial charge in [-0.25, -0.2) is 0 Å². The number of hydrogen-bond acceptors (Lipinski definition) is 4. The maximum Gasteiger partial charge on any atom is 0.168 e. The molecule has 0 aromatic heterocycles. The Hall–Kier alpha value is -1.88. The van der Waals surface area contributed by atoms with Crippen molar-refractivity contribution in [3.05, 3.63) is 65.7 Å². The van der Waals surface area contributed by atoms with Crippen LogP contribution in [0.4, 0.5) is 0 Å². The SMILES string of the molecule is c1ccc(OCCCN2Cc3ccccc3C23CCC2(CC3)OCCO2)cc1. The molecule has 5 rings (SSSR count). The third kappa shape index (κ3) is 3.24. The molecule has 2 aromatic carbocycles. The second-order valence-corrected chi connectivity index (χ2v) is 8.23. The predicted molar refractivity (Wildman–Crippen MR) is 108 cm³/mol. The van der Waals surface area contributed by atoms with E-state index in [2.05, 4.69) is 29.2 Å². The highest BCUT2D eigenvalue weighted by Gasteiger charge is 2.52. The van der Waals surface area contributed by atoms with Crippen molar-refractivity contribution in [3.8, 4) is 5.75 Å². The van der Waals surface area contributed by atoms with Gasteiger partial charge in [0.1, 0.15) is 5.75 Å². The van der Waals surface area contributed by atoms with Gasteiger partial charge in [0.05, 0.1) is 19.8 Å². The first-order valence-corrected chi connectivity index (χ1v) is 10.6. The number of para-hydroxylation sites is 1. The molecule has 2 spiro atoms. The van der Waals surface area contributed by atoms with Crippen molar-refractivity contribution in [3.63, 3.8) is 0 Å². The van der Waals surface area contributed by atoms with Crippen molar-refractivity contribution < 1.29 is 14.2 Å². The fraction of sp³-hybridized carbons (Fsp3) is 0.500. The van der Waals surface area contributed by atoms with Gasteiger partial charge in [-0.05, 0) is 42.5 Å². The van der Waals surface area contributed by atoms with E-state index in [0.29, 0.717) is 0 Å².